The van der Waals surface area contributed by atoms with Crippen LogP contribution in [0.1, 0.15) is 28.2 Å². The van der Waals surface area contributed by atoms with Crippen LogP contribution in [0.3, 0.4) is 0 Å². The van der Waals surface area contributed by atoms with Crippen LogP contribution in [-0.2, 0) is 0 Å². The van der Waals surface area contributed by atoms with Crippen LogP contribution in [0.25, 0.3) is 6.08 Å². The smallest absolute Gasteiger partial charge is 0.387 e. The Kier molecular flexibility index (Phi) is 3.87. The normalized spacial score (nSPS) is 20.0. The molecular formula is C13H13N3O7. The number of nitro groups is 3. The third kappa shape index (κ3) is 2.23. The summed E-state index contributed by atoms with van der Waals surface area (Å²) >= 11 is 0. The standard InChI is InChI=1S/C13H13N3O7/c1-7-5-9-3-4-11(17)12(10(9)6-8(7)2)13(14(18)19,15(20)21)16(22)23/h3-6,11-12,17H,1-2H3/t11-,12-/m0/s1. The zero-order chi connectivity index (χ0) is 17.5. The van der Waals surface area contributed by atoms with E-state index in [1.807, 2.05) is 0 Å². The zero-order valence-electron chi connectivity index (χ0n) is 12.2. The van der Waals surface area contributed by atoms with Crippen molar-refractivity contribution in [1.82, 2.24) is 0 Å². The van der Waals surface area contributed by atoms with Crippen LogP contribution in [-0.4, -0.2) is 31.8 Å². The Morgan fingerprint density at radius 3 is 1.96 bits per heavy atom. The molecule has 23 heavy (non-hydrogen) atoms. The van der Waals surface area contributed by atoms with Crippen LogP contribution in [0.2, 0.25) is 0 Å². The summed E-state index contributed by atoms with van der Waals surface area (Å²) in [5.74, 6) is -5.71. The van der Waals surface area contributed by atoms with Crippen molar-refractivity contribution >= 4 is 6.08 Å². The van der Waals surface area contributed by atoms with Gasteiger partial charge < -0.3 is 5.11 Å². The number of rotatable bonds is 4. The summed E-state index contributed by atoms with van der Waals surface area (Å²) in [7, 11) is 0. The second-order valence-electron chi connectivity index (χ2n) is 5.35. The number of fused-ring (bicyclic) bond motifs is 1. The summed E-state index contributed by atoms with van der Waals surface area (Å²) in [5, 5.41) is 44.0. The molecule has 122 valence electrons. The molecule has 0 radical (unpaired) electrons. The monoisotopic (exact) mass is 323 g/mol. The van der Waals surface area contributed by atoms with Crippen molar-refractivity contribution in [1.29, 1.82) is 0 Å². The van der Waals surface area contributed by atoms with E-state index in [0.717, 1.165) is 11.6 Å². The molecule has 0 heterocycles. The van der Waals surface area contributed by atoms with Crippen molar-refractivity contribution in [3.63, 3.8) is 0 Å². The Bertz CT molecular complexity index is 707. The molecule has 1 aliphatic carbocycles. The summed E-state index contributed by atoms with van der Waals surface area (Å²) in [6.45, 7) is 3.44. The molecule has 1 aromatic carbocycles. The van der Waals surface area contributed by atoms with E-state index in [9.17, 15) is 35.4 Å². The maximum absolute atomic E-state index is 11.3. The topological polar surface area (TPSA) is 150 Å². The number of aliphatic hydroxyl groups is 1. The molecule has 0 aliphatic heterocycles. The molecule has 0 fully saturated rings. The van der Waals surface area contributed by atoms with Gasteiger partial charge in [-0.05, 0) is 36.1 Å². The largest absolute Gasteiger partial charge is 0.709 e. The highest BCUT2D eigenvalue weighted by Crippen LogP contribution is 2.41. The van der Waals surface area contributed by atoms with Gasteiger partial charge in [0.15, 0.2) is 14.8 Å². The lowest BCUT2D eigenvalue weighted by Crippen LogP contribution is -2.60. The molecule has 1 aromatic rings. The van der Waals surface area contributed by atoms with Crippen LogP contribution in [0.15, 0.2) is 18.2 Å². The van der Waals surface area contributed by atoms with Crippen LogP contribution in [0, 0.1) is 44.2 Å². The van der Waals surface area contributed by atoms with E-state index < -0.39 is 32.6 Å². The second kappa shape index (κ2) is 5.39. The third-order valence-corrected chi connectivity index (χ3v) is 4.07. The first kappa shape index (κ1) is 16.5. The molecule has 0 saturated carbocycles. The first-order valence-corrected chi connectivity index (χ1v) is 6.55. The van der Waals surface area contributed by atoms with Gasteiger partial charge in [0, 0.05) is 0 Å². The Morgan fingerprint density at radius 1 is 1.00 bits per heavy atom. The van der Waals surface area contributed by atoms with E-state index in [0.29, 0.717) is 11.1 Å². The maximum atomic E-state index is 11.3. The maximum Gasteiger partial charge on any atom is 0.709 e. The van der Waals surface area contributed by atoms with Gasteiger partial charge >= 0.3 is 5.79 Å². The van der Waals surface area contributed by atoms with E-state index >= 15 is 0 Å². The molecular weight excluding hydrogens is 310 g/mol. The van der Waals surface area contributed by atoms with E-state index in [-0.39, 0.29) is 5.56 Å². The van der Waals surface area contributed by atoms with Crippen molar-refractivity contribution in [3.05, 3.63) is 70.8 Å². The zero-order valence-corrected chi connectivity index (χ0v) is 12.2. The summed E-state index contributed by atoms with van der Waals surface area (Å²) in [4.78, 5) is 29.2. The predicted molar refractivity (Wildman–Crippen MR) is 77.4 cm³/mol. The van der Waals surface area contributed by atoms with Gasteiger partial charge in [0.1, 0.15) is 6.10 Å². The average molecular weight is 323 g/mol. The molecule has 0 amide bonds. The van der Waals surface area contributed by atoms with Crippen LogP contribution >= 0.6 is 0 Å². The van der Waals surface area contributed by atoms with Gasteiger partial charge in [-0.1, -0.05) is 24.3 Å². The minimum absolute atomic E-state index is 0.00759. The molecule has 0 spiro atoms. The fourth-order valence-electron chi connectivity index (χ4n) is 2.75. The van der Waals surface area contributed by atoms with Crippen LogP contribution in [0.4, 0.5) is 0 Å². The lowest BCUT2D eigenvalue weighted by Gasteiger charge is -2.26. The summed E-state index contributed by atoms with van der Waals surface area (Å²) in [5.41, 5.74) is 1.85. The lowest BCUT2D eigenvalue weighted by molar-refractivity contribution is -0.974. The summed E-state index contributed by atoms with van der Waals surface area (Å²) in [6.07, 6.45) is 0.798. The molecule has 0 bridgehead atoms. The highest BCUT2D eigenvalue weighted by molar-refractivity contribution is 5.61. The first-order valence-electron chi connectivity index (χ1n) is 6.55. The quantitative estimate of drug-likeness (QED) is 0.497. The third-order valence-electron chi connectivity index (χ3n) is 4.07. The van der Waals surface area contributed by atoms with Gasteiger partial charge in [-0.25, -0.2) is 0 Å². The summed E-state index contributed by atoms with van der Waals surface area (Å²) < 4.78 is 0. The number of hydrogen-bond donors (Lipinski definition) is 1. The Hall–Kier alpha value is -2.88. The van der Waals surface area contributed by atoms with Gasteiger partial charge in [0.25, 0.3) is 0 Å². The molecule has 10 nitrogen and oxygen atoms in total. The summed E-state index contributed by atoms with van der Waals surface area (Å²) in [6, 6.07) is 3.03. The molecule has 0 unspecified atom stereocenters. The van der Waals surface area contributed by atoms with Gasteiger partial charge in [0.2, 0.25) is 5.92 Å². The molecule has 10 heteroatoms. The SMILES string of the molecule is Cc1cc2c(cc1C)[C@H](C([N+](=O)[O-])([N+](=O)[O-])[N+](=O)[O-])[C@@H](O)C=C2. The van der Waals surface area contributed by atoms with E-state index in [4.69, 9.17) is 0 Å². The van der Waals surface area contributed by atoms with Gasteiger partial charge in [-0.2, -0.15) is 0 Å². The van der Waals surface area contributed by atoms with Crippen LogP contribution in [0.5, 0.6) is 0 Å². The number of aryl methyl sites for hydroxylation is 2. The Morgan fingerprint density at radius 2 is 1.48 bits per heavy atom. The molecule has 1 N–H and O–H groups in total. The molecule has 0 aromatic heterocycles. The molecule has 2 rings (SSSR count). The van der Waals surface area contributed by atoms with Crippen molar-refractivity contribution in [2.24, 2.45) is 0 Å². The minimum atomic E-state index is -3.76. The second-order valence-corrected chi connectivity index (χ2v) is 5.35. The Balaban J connectivity index is 2.82. The van der Waals surface area contributed by atoms with Crippen molar-refractivity contribution < 1.29 is 19.9 Å². The first-order chi connectivity index (χ1) is 10.6. The van der Waals surface area contributed by atoms with E-state index in [1.54, 1.807) is 19.9 Å². The fourth-order valence-corrected chi connectivity index (χ4v) is 2.75. The lowest BCUT2D eigenvalue weighted by atomic mass is 9.79. The van der Waals surface area contributed by atoms with Gasteiger partial charge in [0.05, 0.1) is 0 Å². The number of benzene rings is 1. The van der Waals surface area contributed by atoms with E-state index in [1.165, 1.54) is 12.1 Å². The van der Waals surface area contributed by atoms with Crippen molar-refractivity contribution in [3.8, 4) is 0 Å². The van der Waals surface area contributed by atoms with Crippen molar-refractivity contribution in [2.75, 3.05) is 0 Å². The highest BCUT2D eigenvalue weighted by Gasteiger charge is 2.78. The van der Waals surface area contributed by atoms with Gasteiger partial charge in [-0.15, -0.1) is 0 Å². The van der Waals surface area contributed by atoms with Gasteiger partial charge in [-0.3, -0.25) is 30.3 Å². The van der Waals surface area contributed by atoms with E-state index in [2.05, 4.69) is 0 Å². The number of hydrogen-bond acceptors (Lipinski definition) is 7. The molecule has 0 saturated heterocycles. The van der Waals surface area contributed by atoms with Crippen LogP contribution < -0.4 is 0 Å². The molecule has 1 aliphatic rings. The fraction of sp³-hybridized carbons (Fsp3) is 0.385. The Labute approximate surface area is 129 Å². The predicted octanol–water partition coefficient (Wildman–Crippen LogP) is 1.26. The highest BCUT2D eigenvalue weighted by atomic mass is 16.7. The minimum Gasteiger partial charge on any atom is -0.387 e. The molecule has 2 atom stereocenters. The van der Waals surface area contributed by atoms with Crippen molar-refractivity contribution in [2.45, 2.75) is 31.7 Å². The number of nitrogens with zero attached hydrogens (tertiary/aromatic N) is 3. The average Bonchev–Trinajstić information content (AvgIpc) is 2.43. The number of aliphatic hydroxyl groups excluding tert-OH is 1.